The van der Waals surface area contributed by atoms with E-state index in [-0.39, 0.29) is 5.41 Å². The highest BCUT2D eigenvalue weighted by molar-refractivity contribution is 5.26. The second-order valence-electron chi connectivity index (χ2n) is 8.50. The van der Waals surface area contributed by atoms with Crippen LogP contribution in [-0.2, 0) is 0 Å². The molecule has 1 nitrogen and oxygen atoms in total. The number of unbranched alkanes of at least 4 members (excludes halogenated alkanes) is 4. The first-order valence-corrected chi connectivity index (χ1v) is 10.8. The van der Waals surface area contributed by atoms with E-state index in [1.54, 1.807) is 0 Å². The van der Waals surface area contributed by atoms with Crippen LogP contribution in [0, 0.1) is 28.6 Å². The predicted octanol–water partition coefficient (Wildman–Crippen LogP) is 7.57. The van der Waals surface area contributed by atoms with Crippen LogP contribution in [0.4, 0.5) is 0 Å². The van der Waals surface area contributed by atoms with Gasteiger partial charge in [-0.15, -0.1) is 0 Å². The minimum Gasteiger partial charge on any atom is -0.197 e. The second kappa shape index (κ2) is 10.3. The normalized spacial score (nSPS) is 30.6. The quantitative estimate of drug-likeness (QED) is 0.316. The molecular weight excluding hydrogens is 290 g/mol. The van der Waals surface area contributed by atoms with E-state index in [2.05, 4.69) is 26.0 Å². The lowest BCUT2D eigenvalue weighted by Gasteiger charge is -2.39. The topological polar surface area (TPSA) is 23.8 Å². The van der Waals surface area contributed by atoms with Crippen molar-refractivity contribution in [2.45, 2.75) is 110 Å². The van der Waals surface area contributed by atoms with Gasteiger partial charge in [0.2, 0.25) is 0 Å². The summed E-state index contributed by atoms with van der Waals surface area (Å²) in [5.74, 6) is 1.78. The highest BCUT2D eigenvalue weighted by atomic mass is 14.4. The third-order valence-corrected chi connectivity index (χ3v) is 6.72. The van der Waals surface area contributed by atoms with Gasteiger partial charge in [-0.05, 0) is 56.8 Å². The summed E-state index contributed by atoms with van der Waals surface area (Å²) in [5.41, 5.74) is 1.43. The number of hydrogen-bond acceptors (Lipinski definition) is 1. The first kappa shape index (κ1) is 19.6. The van der Waals surface area contributed by atoms with Crippen molar-refractivity contribution in [2.75, 3.05) is 0 Å². The van der Waals surface area contributed by atoms with Crippen molar-refractivity contribution in [3.05, 3.63) is 11.6 Å². The lowest BCUT2D eigenvalue weighted by atomic mass is 9.64. The van der Waals surface area contributed by atoms with Gasteiger partial charge in [0.15, 0.2) is 0 Å². The van der Waals surface area contributed by atoms with Crippen LogP contribution in [0.2, 0.25) is 0 Å². The van der Waals surface area contributed by atoms with Gasteiger partial charge in [0.05, 0.1) is 11.5 Å². The molecule has 0 N–H and O–H groups in total. The van der Waals surface area contributed by atoms with E-state index in [4.69, 9.17) is 0 Å². The molecule has 1 atom stereocenters. The lowest BCUT2D eigenvalue weighted by molar-refractivity contribution is 0.223. The van der Waals surface area contributed by atoms with Crippen molar-refractivity contribution in [1.82, 2.24) is 0 Å². The summed E-state index contributed by atoms with van der Waals surface area (Å²) >= 11 is 0. The van der Waals surface area contributed by atoms with Gasteiger partial charge in [-0.25, -0.2) is 0 Å². The van der Waals surface area contributed by atoms with Gasteiger partial charge in [-0.1, -0.05) is 76.9 Å². The van der Waals surface area contributed by atoms with Crippen LogP contribution in [0.1, 0.15) is 110 Å². The fourth-order valence-electron chi connectivity index (χ4n) is 4.99. The largest absolute Gasteiger partial charge is 0.197 e. The zero-order valence-electron chi connectivity index (χ0n) is 16.3. The van der Waals surface area contributed by atoms with Crippen molar-refractivity contribution >= 4 is 0 Å². The van der Waals surface area contributed by atoms with Crippen molar-refractivity contribution in [3.63, 3.8) is 0 Å². The molecule has 2 aliphatic carbocycles. The Balaban J connectivity index is 1.79. The second-order valence-corrected chi connectivity index (χ2v) is 8.50. The molecule has 0 heterocycles. The maximum absolute atomic E-state index is 9.91. The van der Waals surface area contributed by atoms with Crippen LogP contribution in [-0.4, -0.2) is 0 Å². The summed E-state index contributed by atoms with van der Waals surface area (Å²) in [4.78, 5) is 0. The molecule has 0 bridgehead atoms. The highest BCUT2D eigenvalue weighted by Crippen LogP contribution is 2.48. The van der Waals surface area contributed by atoms with Crippen molar-refractivity contribution in [3.8, 4) is 6.07 Å². The third kappa shape index (κ3) is 5.37. The minimum atomic E-state index is -0.0870. The Kier molecular flexibility index (Phi) is 8.37. The molecule has 0 aromatic heterocycles. The van der Waals surface area contributed by atoms with Crippen LogP contribution >= 0.6 is 0 Å². The summed E-state index contributed by atoms with van der Waals surface area (Å²) in [5, 5.41) is 9.91. The number of allylic oxidation sites excluding steroid dienone is 2. The van der Waals surface area contributed by atoms with Crippen LogP contribution in [0.25, 0.3) is 0 Å². The Labute approximate surface area is 150 Å². The monoisotopic (exact) mass is 329 g/mol. The smallest absolute Gasteiger partial charge is 0.0782 e. The van der Waals surface area contributed by atoms with E-state index >= 15 is 0 Å². The maximum atomic E-state index is 9.91. The summed E-state index contributed by atoms with van der Waals surface area (Å²) in [6.45, 7) is 4.58. The van der Waals surface area contributed by atoms with Gasteiger partial charge in [0.1, 0.15) is 0 Å². The molecule has 0 unspecified atom stereocenters. The Morgan fingerprint density at radius 1 is 0.958 bits per heavy atom. The lowest BCUT2D eigenvalue weighted by Crippen LogP contribution is -2.29. The molecule has 1 heteroatoms. The van der Waals surface area contributed by atoms with Gasteiger partial charge >= 0.3 is 0 Å². The van der Waals surface area contributed by atoms with Gasteiger partial charge in [-0.3, -0.25) is 0 Å². The van der Waals surface area contributed by atoms with Crippen LogP contribution in [0.3, 0.4) is 0 Å². The van der Waals surface area contributed by atoms with Gasteiger partial charge in [0, 0.05) is 0 Å². The molecule has 136 valence electrons. The van der Waals surface area contributed by atoms with E-state index < -0.39 is 0 Å². The first-order chi connectivity index (χ1) is 11.7. The SMILES string of the molecule is CCCCCCC[C@H]1CC=C([C@]2(C#N)CC[C@H](CCC)CC2)CC1. The molecule has 0 saturated heterocycles. The number of nitriles is 1. The molecule has 0 aromatic rings. The molecule has 1 fully saturated rings. The minimum absolute atomic E-state index is 0.0870. The van der Waals surface area contributed by atoms with E-state index in [1.165, 1.54) is 89.0 Å². The average Bonchev–Trinajstić information content (AvgIpc) is 2.63. The molecule has 2 rings (SSSR count). The average molecular weight is 330 g/mol. The van der Waals surface area contributed by atoms with Crippen molar-refractivity contribution in [2.24, 2.45) is 17.3 Å². The fraction of sp³-hybridized carbons (Fsp3) is 0.870. The van der Waals surface area contributed by atoms with Crippen LogP contribution in [0.5, 0.6) is 0 Å². The van der Waals surface area contributed by atoms with Gasteiger partial charge in [0.25, 0.3) is 0 Å². The Morgan fingerprint density at radius 3 is 2.29 bits per heavy atom. The third-order valence-electron chi connectivity index (χ3n) is 6.72. The van der Waals surface area contributed by atoms with E-state index in [1.807, 2.05) is 0 Å². The molecule has 0 amide bonds. The highest BCUT2D eigenvalue weighted by Gasteiger charge is 2.39. The molecule has 1 saturated carbocycles. The van der Waals surface area contributed by atoms with Crippen LogP contribution < -0.4 is 0 Å². The van der Waals surface area contributed by atoms with E-state index in [0.29, 0.717) is 0 Å². The summed E-state index contributed by atoms with van der Waals surface area (Å²) in [6.07, 6.45) is 22.1. The first-order valence-electron chi connectivity index (χ1n) is 10.8. The van der Waals surface area contributed by atoms with Crippen molar-refractivity contribution < 1.29 is 0 Å². The molecule has 0 aromatic carbocycles. The van der Waals surface area contributed by atoms with Crippen LogP contribution in [0.15, 0.2) is 11.6 Å². The standard InChI is InChI=1S/C23H39N/c1-3-5-6-7-8-10-21-11-13-22(14-12-21)23(19-24)17-15-20(9-4-2)16-18-23/h13,20-21H,3-12,14-18H2,1-2H3/t20-,21-,23+/m0/s1. The maximum Gasteiger partial charge on any atom is 0.0782 e. The number of rotatable bonds is 9. The zero-order chi connectivity index (χ0) is 17.3. The Bertz CT molecular complexity index is 420. The molecule has 0 spiro atoms. The Morgan fingerprint density at radius 2 is 1.71 bits per heavy atom. The Hall–Kier alpha value is -0.770. The predicted molar refractivity (Wildman–Crippen MR) is 104 cm³/mol. The number of hydrogen-bond donors (Lipinski definition) is 0. The van der Waals surface area contributed by atoms with E-state index in [0.717, 1.165) is 24.7 Å². The molecular formula is C23H39N. The van der Waals surface area contributed by atoms with E-state index in [9.17, 15) is 5.26 Å². The summed E-state index contributed by atoms with van der Waals surface area (Å²) < 4.78 is 0. The van der Waals surface area contributed by atoms with Gasteiger partial charge < -0.3 is 0 Å². The molecule has 24 heavy (non-hydrogen) atoms. The summed E-state index contributed by atoms with van der Waals surface area (Å²) in [7, 11) is 0. The molecule has 2 aliphatic rings. The van der Waals surface area contributed by atoms with Gasteiger partial charge in [-0.2, -0.15) is 5.26 Å². The fourth-order valence-corrected chi connectivity index (χ4v) is 4.99. The molecule has 0 aliphatic heterocycles. The number of nitrogens with zero attached hydrogens (tertiary/aromatic N) is 1. The summed E-state index contributed by atoms with van der Waals surface area (Å²) in [6, 6.07) is 2.76. The van der Waals surface area contributed by atoms with Crippen molar-refractivity contribution in [1.29, 1.82) is 5.26 Å². The molecule has 0 radical (unpaired) electrons. The zero-order valence-corrected chi connectivity index (χ0v) is 16.3.